The fourth-order valence-corrected chi connectivity index (χ4v) is 3.99. The topological polar surface area (TPSA) is 54.3 Å². The van der Waals surface area contributed by atoms with E-state index in [9.17, 15) is 4.79 Å². The van der Waals surface area contributed by atoms with Crippen molar-refractivity contribution in [2.24, 2.45) is 7.05 Å². The molecule has 1 amide bonds. The molecular weight excluding hydrogens is 350 g/mol. The van der Waals surface area contributed by atoms with Gasteiger partial charge in [0.25, 0.3) is 5.91 Å². The summed E-state index contributed by atoms with van der Waals surface area (Å²) in [6, 6.07) is 12.5. The number of hydrogen-bond acceptors (Lipinski definition) is 4. The highest BCUT2D eigenvalue weighted by molar-refractivity contribution is 5.98. The summed E-state index contributed by atoms with van der Waals surface area (Å²) in [5, 5.41) is 5.39. The molecule has 146 valence electrons. The van der Waals surface area contributed by atoms with Crippen molar-refractivity contribution in [2.75, 3.05) is 26.2 Å². The molecule has 4 rings (SSSR count). The Labute approximate surface area is 165 Å². The van der Waals surface area contributed by atoms with Crippen LogP contribution in [-0.4, -0.2) is 56.7 Å². The Hall–Kier alpha value is -2.73. The summed E-state index contributed by atoms with van der Waals surface area (Å²) in [5.41, 5.74) is 4.52. The predicted octanol–water partition coefficient (Wildman–Crippen LogP) is 2.93. The molecule has 28 heavy (non-hydrogen) atoms. The first-order chi connectivity index (χ1) is 13.5. The minimum absolute atomic E-state index is 0.0803. The maximum absolute atomic E-state index is 13.2. The van der Waals surface area contributed by atoms with Gasteiger partial charge in [0.05, 0.1) is 17.0 Å². The van der Waals surface area contributed by atoms with Crippen molar-refractivity contribution < 1.29 is 4.79 Å². The van der Waals surface area contributed by atoms with Crippen molar-refractivity contribution in [3.8, 4) is 0 Å². The van der Waals surface area contributed by atoms with Crippen molar-refractivity contribution in [1.82, 2.24) is 24.6 Å². The average molecular weight is 377 g/mol. The molecule has 1 aliphatic heterocycles. The number of carbonyl (C=O) groups excluding carboxylic acids is 1. The third kappa shape index (κ3) is 3.64. The molecule has 0 radical (unpaired) electrons. The molecule has 1 saturated heterocycles. The van der Waals surface area contributed by atoms with Gasteiger partial charge in [-0.3, -0.25) is 14.4 Å². The molecule has 3 heterocycles. The second kappa shape index (κ2) is 7.72. The Morgan fingerprint density at radius 2 is 1.82 bits per heavy atom. The summed E-state index contributed by atoms with van der Waals surface area (Å²) >= 11 is 0. The zero-order chi connectivity index (χ0) is 19.7. The molecule has 0 saturated carbocycles. The number of rotatable bonds is 3. The van der Waals surface area contributed by atoms with E-state index >= 15 is 0 Å². The molecule has 0 atom stereocenters. The minimum Gasteiger partial charge on any atom is -0.337 e. The van der Waals surface area contributed by atoms with Gasteiger partial charge in [-0.2, -0.15) is 5.10 Å². The zero-order valence-electron chi connectivity index (χ0n) is 16.9. The molecule has 0 unspecified atom stereocenters. The number of aryl methyl sites for hydroxylation is 3. The number of hydrogen-bond donors (Lipinski definition) is 0. The largest absolute Gasteiger partial charge is 0.337 e. The van der Waals surface area contributed by atoms with E-state index in [0.29, 0.717) is 5.56 Å². The average Bonchev–Trinajstić information content (AvgIpc) is 2.85. The van der Waals surface area contributed by atoms with Crippen LogP contribution < -0.4 is 0 Å². The van der Waals surface area contributed by atoms with Crippen LogP contribution >= 0.6 is 0 Å². The van der Waals surface area contributed by atoms with Gasteiger partial charge in [0.15, 0.2) is 5.65 Å². The lowest BCUT2D eigenvalue weighted by atomic mass is 10.1. The Morgan fingerprint density at radius 3 is 2.61 bits per heavy atom. The summed E-state index contributed by atoms with van der Waals surface area (Å²) in [7, 11) is 1.89. The molecule has 1 fully saturated rings. The maximum Gasteiger partial charge on any atom is 0.255 e. The van der Waals surface area contributed by atoms with E-state index < -0.39 is 0 Å². The Bertz CT molecular complexity index is 995. The minimum atomic E-state index is 0.0803. The Balaban J connectivity index is 1.50. The monoisotopic (exact) mass is 377 g/mol. The van der Waals surface area contributed by atoms with E-state index in [1.807, 2.05) is 37.9 Å². The van der Waals surface area contributed by atoms with Gasteiger partial charge >= 0.3 is 0 Å². The van der Waals surface area contributed by atoms with Crippen molar-refractivity contribution in [2.45, 2.75) is 26.8 Å². The van der Waals surface area contributed by atoms with Gasteiger partial charge < -0.3 is 4.90 Å². The van der Waals surface area contributed by atoms with Crippen LogP contribution in [0.3, 0.4) is 0 Å². The van der Waals surface area contributed by atoms with Crippen molar-refractivity contribution in [1.29, 1.82) is 0 Å². The maximum atomic E-state index is 13.2. The fraction of sp³-hybridized carbons (Fsp3) is 0.409. The Kier molecular flexibility index (Phi) is 5.13. The summed E-state index contributed by atoms with van der Waals surface area (Å²) in [6.45, 7) is 8.24. The summed E-state index contributed by atoms with van der Waals surface area (Å²) in [6.07, 6.45) is 0.985. The first-order valence-corrected chi connectivity index (χ1v) is 9.89. The number of nitrogens with zero attached hydrogens (tertiary/aromatic N) is 5. The van der Waals surface area contributed by atoms with Crippen LogP contribution in [-0.2, 0) is 13.6 Å². The lowest BCUT2D eigenvalue weighted by molar-refractivity contribution is 0.0760. The van der Waals surface area contributed by atoms with Crippen LogP contribution in [0.2, 0.25) is 0 Å². The lowest BCUT2D eigenvalue weighted by Gasteiger charge is -2.22. The van der Waals surface area contributed by atoms with Crippen LogP contribution in [0.15, 0.2) is 36.4 Å². The van der Waals surface area contributed by atoms with Crippen molar-refractivity contribution in [3.63, 3.8) is 0 Å². The second-order valence-electron chi connectivity index (χ2n) is 7.61. The molecule has 2 aromatic heterocycles. The van der Waals surface area contributed by atoms with E-state index in [1.54, 1.807) is 4.68 Å². The predicted molar refractivity (Wildman–Crippen MR) is 110 cm³/mol. The van der Waals surface area contributed by atoms with Gasteiger partial charge in [0.2, 0.25) is 0 Å². The van der Waals surface area contributed by atoms with Gasteiger partial charge in [0.1, 0.15) is 0 Å². The quantitative estimate of drug-likeness (QED) is 0.704. The van der Waals surface area contributed by atoms with Crippen LogP contribution in [0.5, 0.6) is 0 Å². The van der Waals surface area contributed by atoms with Gasteiger partial charge in [0, 0.05) is 45.2 Å². The standard InChI is InChI=1S/C22H27N5O/c1-16-20(14-19-17(2)24-25(3)21(19)23-16)22(28)27-11-7-10-26(12-13-27)15-18-8-5-4-6-9-18/h4-6,8-9,14H,7,10-13,15H2,1-3H3. The normalized spacial score (nSPS) is 15.8. The first kappa shape index (κ1) is 18.6. The number of benzene rings is 1. The molecular formula is C22H27N5O. The molecule has 0 spiro atoms. The summed E-state index contributed by atoms with van der Waals surface area (Å²) < 4.78 is 1.78. The third-order valence-corrected chi connectivity index (χ3v) is 5.54. The van der Waals surface area contributed by atoms with Crippen molar-refractivity contribution >= 4 is 16.9 Å². The summed E-state index contributed by atoms with van der Waals surface area (Å²) in [4.78, 5) is 22.3. The van der Waals surface area contributed by atoms with Gasteiger partial charge in [-0.1, -0.05) is 30.3 Å². The number of amides is 1. The van der Waals surface area contributed by atoms with E-state index in [4.69, 9.17) is 0 Å². The highest BCUT2D eigenvalue weighted by Gasteiger charge is 2.23. The van der Waals surface area contributed by atoms with Crippen molar-refractivity contribution in [3.05, 3.63) is 58.9 Å². The van der Waals surface area contributed by atoms with Gasteiger partial charge in [-0.15, -0.1) is 0 Å². The molecule has 1 aromatic carbocycles. The molecule has 0 N–H and O–H groups in total. The molecule has 0 bridgehead atoms. The smallest absolute Gasteiger partial charge is 0.255 e. The number of aromatic nitrogens is 3. The number of fused-ring (bicyclic) bond motifs is 1. The van der Waals surface area contributed by atoms with Gasteiger partial charge in [-0.05, 0) is 31.9 Å². The van der Waals surface area contributed by atoms with Crippen LogP contribution in [0.1, 0.15) is 33.7 Å². The molecule has 1 aliphatic rings. The van der Waals surface area contributed by atoms with E-state index in [-0.39, 0.29) is 5.91 Å². The first-order valence-electron chi connectivity index (χ1n) is 9.89. The number of carbonyl (C=O) groups is 1. The summed E-state index contributed by atoms with van der Waals surface area (Å²) in [5.74, 6) is 0.0803. The van der Waals surface area contributed by atoms with Crippen LogP contribution in [0.4, 0.5) is 0 Å². The van der Waals surface area contributed by atoms with Gasteiger partial charge in [-0.25, -0.2) is 4.98 Å². The molecule has 0 aliphatic carbocycles. The highest BCUT2D eigenvalue weighted by atomic mass is 16.2. The van der Waals surface area contributed by atoms with Crippen LogP contribution in [0, 0.1) is 13.8 Å². The van der Waals surface area contributed by atoms with E-state index in [1.165, 1.54) is 5.56 Å². The molecule has 6 nitrogen and oxygen atoms in total. The zero-order valence-corrected chi connectivity index (χ0v) is 16.9. The lowest BCUT2D eigenvalue weighted by Crippen LogP contribution is -2.35. The molecule has 6 heteroatoms. The SMILES string of the molecule is Cc1nc2c(cc1C(=O)N1CCCN(Cc3ccccc3)CC1)c(C)nn2C. The number of pyridine rings is 1. The Morgan fingerprint density at radius 1 is 1.04 bits per heavy atom. The van der Waals surface area contributed by atoms with E-state index in [2.05, 4.69) is 39.2 Å². The second-order valence-corrected chi connectivity index (χ2v) is 7.61. The third-order valence-electron chi connectivity index (χ3n) is 5.54. The fourth-order valence-electron chi connectivity index (χ4n) is 3.99. The van der Waals surface area contributed by atoms with Crippen LogP contribution in [0.25, 0.3) is 11.0 Å². The highest BCUT2D eigenvalue weighted by Crippen LogP contribution is 2.21. The van der Waals surface area contributed by atoms with E-state index in [0.717, 1.165) is 61.6 Å². The molecule has 3 aromatic rings.